The fourth-order valence-electron chi connectivity index (χ4n) is 4.50. The van der Waals surface area contributed by atoms with Crippen LogP contribution in [0.25, 0.3) is 0 Å². The van der Waals surface area contributed by atoms with Gasteiger partial charge < -0.3 is 14.8 Å². The predicted molar refractivity (Wildman–Crippen MR) is 153 cm³/mol. The molecule has 0 saturated heterocycles. The van der Waals surface area contributed by atoms with Crippen molar-refractivity contribution in [3.05, 3.63) is 70.4 Å². The number of thioether (sulfide) groups is 1. The van der Waals surface area contributed by atoms with Crippen molar-refractivity contribution >= 4 is 23.5 Å². The average Bonchev–Trinajstić information content (AvgIpc) is 3.28. The minimum atomic E-state index is -0.412. The van der Waals surface area contributed by atoms with Gasteiger partial charge in [-0.3, -0.25) is 4.79 Å². The van der Waals surface area contributed by atoms with Gasteiger partial charge in [-0.15, -0.1) is 5.10 Å². The van der Waals surface area contributed by atoms with Gasteiger partial charge in [0.05, 0.1) is 7.11 Å². The van der Waals surface area contributed by atoms with Crippen LogP contribution in [0.15, 0.2) is 58.9 Å². The largest absolute Gasteiger partial charge is 0.493 e. The highest BCUT2D eigenvalue weighted by molar-refractivity contribution is 7.99. The minimum absolute atomic E-state index is 0.0145. The molecule has 1 N–H and O–H groups in total. The maximum atomic E-state index is 12.8. The Hall–Kier alpha value is -3.26. The second kappa shape index (κ2) is 11.6. The van der Waals surface area contributed by atoms with Gasteiger partial charge in [0, 0.05) is 17.0 Å². The first-order valence-corrected chi connectivity index (χ1v) is 14.1. The molecule has 38 heavy (non-hydrogen) atoms. The zero-order chi connectivity index (χ0) is 27.4. The summed E-state index contributed by atoms with van der Waals surface area (Å²) >= 11 is 1.63. The zero-order valence-corrected chi connectivity index (χ0v) is 24.2. The fourth-order valence-corrected chi connectivity index (χ4v) is 5.41. The maximum Gasteiger partial charge on any atom is 0.227 e. The minimum Gasteiger partial charge on any atom is -0.493 e. The number of ether oxygens (including phenoxy) is 2. The van der Waals surface area contributed by atoms with Crippen molar-refractivity contribution in [1.82, 2.24) is 14.8 Å². The molecule has 0 fully saturated rings. The number of rotatable bonds is 10. The molecule has 0 spiro atoms. The van der Waals surface area contributed by atoms with Gasteiger partial charge in [0.15, 0.2) is 17.3 Å². The number of unbranched alkanes of at least 4 members (excludes halogenated alkanes) is 1. The molecule has 1 aliphatic heterocycles. The summed E-state index contributed by atoms with van der Waals surface area (Å²) in [7, 11) is 1.63. The number of nitrogens with one attached hydrogen (secondary N) is 1. The number of benzene rings is 2. The number of anilines is 1. The van der Waals surface area contributed by atoms with E-state index >= 15 is 0 Å². The quantitative estimate of drug-likeness (QED) is 0.223. The highest BCUT2D eigenvalue weighted by Crippen LogP contribution is 2.40. The molecule has 8 heteroatoms. The third-order valence-corrected chi connectivity index (χ3v) is 7.58. The van der Waals surface area contributed by atoms with Gasteiger partial charge >= 0.3 is 0 Å². The summed E-state index contributed by atoms with van der Waals surface area (Å²) < 4.78 is 13.7. The summed E-state index contributed by atoms with van der Waals surface area (Å²) in [5.74, 6) is 2.82. The third-order valence-electron chi connectivity index (χ3n) is 6.66. The smallest absolute Gasteiger partial charge is 0.227 e. The van der Waals surface area contributed by atoms with Crippen molar-refractivity contribution in [2.75, 3.05) is 18.2 Å². The van der Waals surface area contributed by atoms with Crippen LogP contribution in [-0.2, 0) is 16.8 Å². The van der Waals surface area contributed by atoms with Crippen molar-refractivity contribution in [2.24, 2.45) is 0 Å². The number of aromatic nitrogens is 3. The number of hydrogen-bond donors (Lipinski definition) is 1. The zero-order valence-electron chi connectivity index (χ0n) is 23.4. The van der Waals surface area contributed by atoms with E-state index in [0.29, 0.717) is 34.8 Å². The third kappa shape index (κ3) is 6.07. The Morgan fingerprint density at radius 3 is 2.50 bits per heavy atom. The number of carbonyl (C=O) groups excluding carboxylic acids is 1. The van der Waals surface area contributed by atoms with Gasteiger partial charge in [-0.1, -0.05) is 76.2 Å². The summed E-state index contributed by atoms with van der Waals surface area (Å²) in [6.07, 6.45) is 2.22. The molecule has 1 aliphatic rings. The van der Waals surface area contributed by atoms with E-state index < -0.39 is 6.04 Å². The van der Waals surface area contributed by atoms with Crippen LogP contribution in [0.1, 0.15) is 77.1 Å². The van der Waals surface area contributed by atoms with Crippen LogP contribution in [0, 0.1) is 0 Å². The van der Waals surface area contributed by atoms with E-state index in [9.17, 15) is 4.79 Å². The van der Waals surface area contributed by atoms with Crippen LogP contribution in [0.4, 0.5) is 5.95 Å². The molecule has 0 saturated carbocycles. The molecular weight excluding hydrogens is 496 g/mol. The number of ketones is 1. The monoisotopic (exact) mass is 534 g/mol. The molecule has 0 amide bonds. The van der Waals surface area contributed by atoms with Crippen LogP contribution in [0.3, 0.4) is 0 Å². The Kier molecular flexibility index (Phi) is 8.51. The van der Waals surface area contributed by atoms with Gasteiger partial charge in [-0.25, -0.2) is 4.68 Å². The molecule has 2 heterocycles. The van der Waals surface area contributed by atoms with Crippen molar-refractivity contribution in [1.29, 1.82) is 0 Å². The average molecular weight is 535 g/mol. The lowest BCUT2D eigenvalue weighted by Crippen LogP contribution is -2.27. The lowest BCUT2D eigenvalue weighted by molar-refractivity contribution is -0.114. The lowest BCUT2D eigenvalue weighted by Gasteiger charge is -2.28. The van der Waals surface area contributed by atoms with Crippen LogP contribution >= 0.6 is 11.8 Å². The molecule has 1 atom stereocenters. The first-order valence-electron chi connectivity index (χ1n) is 13.1. The molecule has 3 aromatic rings. The summed E-state index contributed by atoms with van der Waals surface area (Å²) in [5, 5.41) is 8.75. The van der Waals surface area contributed by atoms with Gasteiger partial charge in [0.1, 0.15) is 12.6 Å². The van der Waals surface area contributed by atoms with E-state index in [1.54, 1.807) is 25.8 Å². The first kappa shape index (κ1) is 27.8. The Morgan fingerprint density at radius 2 is 1.87 bits per heavy atom. The van der Waals surface area contributed by atoms with Crippen LogP contribution < -0.4 is 14.8 Å². The van der Waals surface area contributed by atoms with E-state index in [1.165, 1.54) is 5.56 Å². The SMILES string of the molecule is CCCCSc1nc2n(n1)C(c1ccc(OCc3ccc(C(C)(C)C)cc3)c(OC)c1)C(C(C)=O)=C(C)N2. The Labute approximate surface area is 230 Å². The number of fused-ring (bicyclic) bond motifs is 1. The maximum absolute atomic E-state index is 12.8. The van der Waals surface area contributed by atoms with Crippen LogP contribution in [0.5, 0.6) is 11.5 Å². The summed E-state index contributed by atoms with van der Waals surface area (Å²) in [6.45, 7) is 12.7. The van der Waals surface area contributed by atoms with Gasteiger partial charge in [-0.05, 0) is 54.5 Å². The number of methoxy groups -OCH3 is 1. The molecule has 202 valence electrons. The summed E-state index contributed by atoms with van der Waals surface area (Å²) in [4.78, 5) is 17.5. The lowest BCUT2D eigenvalue weighted by atomic mass is 9.87. The normalized spacial score (nSPS) is 15.2. The van der Waals surface area contributed by atoms with Crippen LogP contribution in [0.2, 0.25) is 0 Å². The second-order valence-corrected chi connectivity index (χ2v) is 11.7. The highest BCUT2D eigenvalue weighted by Gasteiger charge is 2.33. The van der Waals surface area contributed by atoms with E-state index in [-0.39, 0.29) is 11.2 Å². The van der Waals surface area contributed by atoms with Gasteiger partial charge in [-0.2, -0.15) is 4.98 Å². The second-order valence-electron chi connectivity index (χ2n) is 10.6. The number of hydrogen-bond acceptors (Lipinski definition) is 7. The van der Waals surface area contributed by atoms with Crippen molar-refractivity contribution in [3.63, 3.8) is 0 Å². The fraction of sp³-hybridized carbons (Fsp3) is 0.433. The number of allylic oxidation sites excluding steroid dienone is 2. The molecule has 7 nitrogen and oxygen atoms in total. The van der Waals surface area contributed by atoms with Crippen molar-refractivity contribution < 1.29 is 14.3 Å². The number of carbonyl (C=O) groups is 1. The summed E-state index contributed by atoms with van der Waals surface area (Å²) in [5.41, 5.74) is 4.80. The van der Waals surface area contributed by atoms with E-state index in [1.807, 2.05) is 29.8 Å². The molecule has 1 unspecified atom stereocenters. The molecule has 2 aromatic carbocycles. The van der Waals surface area contributed by atoms with E-state index in [4.69, 9.17) is 14.6 Å². The molecule has 0 radical (unpaired) electrons. The molecular formula is C30H38N4O3S. The number of nitrogens with zero attached hydrogens (tertiary/aromatic N) is 3. The highest BCUT2D eigenvalue weighted by atomic mass is 32.2. The van der Waals surface area contributed by atoms with Gasteiger partial charge in [0.2, 0.25) is 11.1 Å². The first-order chi connectivity index (χ1) is 18.1. The van der Waals surface area contributed by atoms with E-state index in [0.717, 1.165) is 35.4 Å². The Balaban J connectivity index is 1.61. The van der Waals surface area contributed by atoms with E-state index in [2.05, 4.69) is 62.3 Å². The molecule has 4 rings (SSSR count). The molecule has 0 aliphatic carbocycles. The topological polar surface area (TPSA) is 78.3 Å². The summed E-state index contributed by atoms with van der Waals surface area (Å²) in [6, 6.07) is 13.9. The Morgan fingerprint density at radius 1 is 1.13 bits per heavy atom. The van der Waals surface area contributed by atoms with Crippen molar-refractivity contribution in [2.45, 2.75) is 77.6 Å². The van der Waals surface area contributed by atoms with Gasteiger partial charge in [0.25, 0.3) is 0 Å². The number of Topliss-reactive ketones (excluding diaryl/α,β-unsaturated/α-hetero) is 1. The molecule has 0 bridgehead atoms. The Bertz CT molecular complexity index is 1320. The molecule has 1 aromatic heterocycles. The predicted octanol–water partition coefficient (Wildman–Crippen LogP) is 6.93. The van der Waals surface area contributed by atoms with Crippen molar-refractivity contribution in [3.8, 4) is 11.5 Å². The van der Waals surface area contributed by atoms with Crippen LogP contribution in [-0.4, -0.2) is 33.4 Å². The standard InChI is InChI=1S/C30H38N4O3S/c1-8-9-16-38-29-32-28-31-19(2)26(20(3)35)27(34(28)33-29)22-12-15-24(25(17-22)36-7)37-18-21-10-13-23(14-11-21)30(4,5)6/h10-15,17,27H,8-9,16,18H2,1-7H3,(H,31,32,33).